The summed E-state index contributed by atoms with van der Waals surface area (Å²) >= 11 is 0. The van der Waals surface area contributed by atoms with Crippen LogP contribution in [0.2, 0.25) is 0 Å². The van der Waals surface area contributed by atoms with E-state index in [1.165, 1.54) is 12.1 Å². The summed E-state index contributed by atoms with van der Waals surface area (Å²) in [5.74, 6) is -1.75. The van der Waals surface area contributed by atoms with Crippen LogP contribution in [-0.4, -0.2) is 27.3 Å². The Morgan fingerprint density at radius 2 is 1.82 bits per heavy atom. The van der Waals surface area contributed by atoms with Gasteiger partial charge in [0.25, 0.3) is 5.89 Å². The lowest BCUT2D eigenvalue weighted by molar-refractivity contribution is 0.0659. The first-order valence-corrected chi connectivity index (χ1v) is 10.5. The third-order valence-corrected chi connectivity index (χ3v) is 5.24. The molecular formula is C26H23FN2O4. The van der Waals surface area contributed by atoms with Gasteiger partial charge in [-0.25, -0.2) is 9.18 Å². The Morgan fingerprint density at radius 1 is 1.06 bits per heavy atom. The predicted octanol–water partition coefficient (Wildman–Crippen LogP) is 6.14. The molecule has 0 spiro atoms. The fraction of sp³-hybridized carbons (Fsp3) is 0.192. The molecule has 0 saturated heterocycles. The van der Waals surface area contributed by atoms with Gasteiger partial charge in [0.1, 0.15) is 5.82 Å². The number of rotatable bonds is 7. The maximum Gasteiger partial charge on any atom is 0.338 e. The highest BCUT2D eigenvalue weighted by Crippen LogP contribution is 2.32. The van der Waals surface area contributed by atoms with Crippen LogP contribution in [0.1, 0.15) is 35.3 Å². The van der Waals surface area contributed by atoms with E-state index in [2.05, 4.69) is 29.2 Å². The zero-order chi connectivity index (χ0) is 23.5. The Balaban J connectivity index is 1.71. The summed E-state index contributed by atoms with van der Waals surface area (Å²) in [6.45, 7) is 6.44. The summed E-state index contributed by atoms with van der Waals surface area (Å²) in [6, 6.07) is 17.7. The molecule has 0 amide bonds. The molecule has 1 heterocycles. The number of carbonyl (C=O) groups is 1. The van der Waals surface area contributed by atoms with Gasteiger partial charge in [0.2, 0.25) is 5.82 Å². The number of benzene rings is 3. The molecule has 3 aromatic carbocycles. The Bertz CT molecular complexity index is 1310. The number of carboxylic acids is 1. The van der Waals surface area contributed by atoms with Crippen molar-refractivity contribution in [3.8, 4) is 34.0 Å². The Kier molecular flexibility index (Phi) is 6.33. The number of aromatic nitrogens is 2. The molecule has 1 aromatic heterocycles. The lowest BCUT2D eigenvalue weighted by atomic mass is 9.94. The van der Waals surface area contributed by atoms with Gasteiger partial charge in [0, 0.05) is 11.1 Å². The number of hydrogen-bond acceptors (Lipinski definition) is 5. The van der Waals surface area contributed by atoms with Crippen LogP contribution in [-0.2, 0) is 11.3 Å². The summed E-state index contributed by atoms with van der Waals surface area (Å²) in [4.78, 5) is 15.4. The number of ether oxygens (including phenoxy) is 1. The predicted molar refractivity (Wildman–Crippen MR) is 122 cm³/mol. The third-order valence-electron chi connectivity index (χ3n) is 5.24. The fourth-order valence-electron chi connectivity index (χ4n) is 3.53. The molecule has 0 radical (unpaired) electrons. The van der Waals surface area contributed by atoms with Gasteiger partial charge in [-0.3, -0.25) is 0 Å². The van der Waals surface area contributed by atoms with Crippen LogP contribution in [0.25, 0.3) is 34.0 Å². The number of aryl methyl sites for hydroxylation is 1. The Labute approximate surface area is 190 Å². The van der Waals surface area contributed by atoms with Crippen LogP contribution in [0.15, 0.2) is 65.2 Å². The molecule has 0 aliphatic carbocycles. The van der Waals surface area contributed by atoms with Crippen molar-refractivity contribution in [2.45, 2.75) is 33.5 Å². The zero-order valence-corrected chi connectivity index (χ0v) is 18.5. The van der Waals surface area contributed by atoms with E-state index < -0.39 is 17.3 Å². The number of nitrogens with zero attached hydrogens (tertiary/aromatic N) is 2. The first-order chi connectivity index (χ1) is 15.8. The number of carboxylic acid groups (broad SMARTS) is 1. The summed E-state index contributed by atoms with van der Waals surface area (Å²) in [5.41, 5.74) is 4.93. The summed E-state index contributed by atoms with van der Waals surface area (Å²) in [6.07, 6.45) is 0.0667. The van der Waals surface area contributed by atoms with Gasteiger partial charge in [0.15, 0.2) is 0 Å². The minimum atomic E-state index is -1.34. The highest BCUT2D eigenvalue weighted by molar-refractivity contribution is 5.88. The molecule has 168 valence electrons. The van der Waals surface area contributed by atoms with Crippen LogP contribution in [0, 0.1) is 12.7 Å². The van der Waals surface area contributed by atoms with E-state index in [9.17, 15) is 9.18 Å². The summed E-state index contributed by atoms with van der Waals surface area (Å²) in [5, 5.41) is 13.0. The molecule has 1 N–H and O–H groups in total. The normalized spacial score (nSPS) is 11.2. The van der Waals surface area contributed by atoms with Crippen molar-refractivity contribution in [2.24, 2.45) is 0 Å². The van der Waals surface area contributed by atoms with E-state index in [4.69, 9.17) is 14.4 Å². The zero-order valence-electron chi connectivity index (χ0n) is 18.5. The quantitative estimate of drug-likeness (QED) is 0.367. The second-order valence-corrected chi connectivity index (χ2v) is 7.97. The van der Waals surface area contributed by atoms with E-state index in [-0.39, 0.29) is 17.8 Å². The molecule has 0 fully saturated rings. The molecule has 33 heavy (non-hydrogen) atoms. The molecule has 0 unspecified atom stereocenters. The summed E-state index contributed by atoms with van der Waals surface area (Å²) in [7, 11) is 0. The molecule has 6 nitrogen and oxygen atoms in total. The van der Waals surface area contributed by atoms with Gasteiger partial charge in [0.05, 0.1) is 18.3 Å². The largest absolute Gasteiger partial charge is 0.478 e. The molecule has 0 saturated carbocycles. The van der Waals surface area contributed by atoms with Gasteiger partial charge >= 0.3 is 5.97 Å². The van der Waals surface area contributed by atoms with Gasteiger partial charge in [-0.05, 0) is 73.4 Å². The second kappa shape index (κ2) is 9.34. The minimum Gasteiger partial charge on any atom is -0.478 e. The van der Waals surface area contributed by atoms with Crippen LogP contribution >= 0.6 is 0 Å². The maximum absolute atomic E-state index is 14.1. The average Bonchev–Trinajstić information content (AvgIpc) is 3.28. The van der Waals surface area contributed by atoms with Crippen molar-refractivity contribution < 1.29 is 23.6 Å². The van der Waals surface area contributed by atoms with Gasteiger partial charge in [-0.1, -0.05) is 35.5 Å². The van der Waals surface area contributed by atoms with Crippen molar-refractivity contribution in [2.75, 3.05) is 0 Å². The smallest absolute Gasteiger partial charge is 0.338 e. The lowest BCUT2D eigenvalue weighted by Crippen LogP contribution is -2.04. The third kappa shape index (κ3) is 4.83. The van der Waals surface area contributed by atoms with Gasteiger partial charge < -0.3 is 14.4 Å². The second-order valence-electron chi connectivity index (χ2n) is 7.97. The van der Waals surface area contributed by atoms with Crippen molar-refractivity contribution in [1.82, 2.24) is 10.1 Å². The van der Waals surface area contributed by atoms with Crippen molar-refractivity contribution >= 4 is 5.97 Å². The fourth-order valence-corrected chi connectivity index (χ4v) is 3.53. The lowest BCUT2D eigenvalue weighted by Gasteiger charge is -2.15. The van der Waals surface area contributed by atoms with Crippen molar-refractivity contribution in [3.05, 3.63) is 83.2 Å². The monoisotopic (exact) mass is 446 g/mol. The van der Waals surface area contributed by atoms with Crippen molar-refractivity contribution in [3.63, 3.8) is 0 Å². The summed E-state index contributed by atoms with van der Waals surface area (Å²) < 4.78 is 25.4. The van der Waals surface area contributed by atoms with Crippen molar-refractivity contribution in [1.29, 1.82) is 0 Å². The Morgan fingerprint density at radius 3 is 2.52 bits per heavy atom. The number of hydrogen-bond donors (Lipinski definition) is 1. The van der Waals surface area contributed by atoms with E-state index in [1.807, 2.05) is 44.2 Å². The van der Waals surface area contributed by atoms with E-state index in [0.717, 1.165) is 28.3 Å². The molecule has 4 rings (SSSR count). The molecule has 4 aromatic rings. The number of aromatic carboxylic acids is 1. The van der Waals surface area contributed by atoms with E-state index in [0.29, 0.717) is 17.7 Å². The molecule has 0 bridgehead atoms. The molecule has 0 aliphatic heterocycles. The van der Waals surface area contributed by atoms with Gasteiger partial charge in [-0.15, -0.1) is 0 Å². The van der Waals surface area contributed by atoms with Crippen LogP contribution in [0.4, 0.5) is 4.39 Å². The maximum atomic E-state index is 14.1. The molecular weight excluding hydrogens is 423 g/mol. The molecule has 7 heteroatoms. The number of halogens is 1. The SMILES string of the molecule is Cc1ccccc1-c1ccc(-c2nc(-c3ccc(C(=O)O)c(F)c3)no2)cc1COC(C)C. The van der Waals surface area contributed by atoms with Crippen LogP contribution in [0.3, 0.4) is 0 Å². The standard InChI is InChI=1S/C26H23FN2O4/c1-15(2)32-14-19-12-18(9-10-21(19)20-7-5-4-6-16(20)3)25-28-24(29-33-25)17-8-11-22(26(30)31)23(27)13-17/h4-13,15H,14H2,1-3H3,(H,30,31). The first kappa shape index (κ1) is 22.4. The van der Waals surface area contributed by atoms with E-state index in [1.54, 1.807) is 0 Å². The average molecular weight is 446 g/mol. The topological polar surface area (TPSA) is 85.5 Å². The molecule has 0 atom stereocenters. The van der Waals surface area contributed by atoms with Crippen LogP contribution in [0.5, 0.6) is 0 Å². The highest BCUT2D eigenvalue weighted by Gasteiger charge is 2.17. The minimum absolute atomic E-state index is 0.0667. The van der Waals surface area contributed by atoms with E-state index >= 15 is 0 Å². The highest BCUT2D eigenvalue weighted by atomic mass is 19.1. The first-order valence-electron chi connectivity index (χ1n) is 10.5. The van der Waals surface area contributed by atoms with Gasteiger partial charge in [-0.2, -0.15) is 4.98 Å². The Hall–Kier alpha value is -3.84. The molecule has 0 aliphatic rings. The van der Waals surface area contributed by atoms with Crippen LogP contribution < -0.4 is 0 Å².